The molecule has 2 amide bonds. The lowest BCUT2D eigenvalue weighted by molar-refractivity contribution is 0.0936. The molecule has 3 rings (SSSR count). The Morgan fingerprint density at radius 2 is 1.70 bits per heavy atom. The topological polar surface area (TPSA) is 108 Å². The zero-order valence-corrected chi connectivity index (χ0v) is 16.7. The van der Waals surface area contributed by atoms with Crippen LogP contribution < -0.4 is 10.6 Å². The second-order valence-electron chi connectivity index (χ2n) is 6.96. The molecular formula is C23H21N5O2. The number of nitrogens with zero attached hydrogens (tertiary/aromatic N) is 3. The van der Waals surface area contributed by atoms with Crippen LogP contribution >= 0.6 is 0 Å². The van der Waals surface area contributed by atoms with E-state index in [-0.39, 0.29) is 35.8 Å². The van der Waals surface area contributed by atoms with E-state index in [1.807, 2.05) is 38.1 Å². The van der Waals surface area contributed by atoms with Crippen molar-refractivity contribution in [2.24, 2.45) is 0 Å². The molecular weight excluding hydrogens is 378 g/mol. The summed E-state index contributed by atoms with van der Waals surface area (Å²) in [6, 6.07) is 17.7. The van der Waals surface area contributed by atoms with Crippen LogP contribution in [0, 0.1) is 11.3 Å². The third kappa shape index (κ3) is 5.26. The van der Waals surface area contributed by atoms with Crippen LogP contribution in [0.4, 0.5) is 0 Å². The minimum absolute atomic E-state index is 0.0171. The van der Waals surface area contributed by atoms with Gasteiger partial charge in [-0.25, -0.2) is 4.98 Å². The fourth-order valence-electron chi connectivity index (χ4n) is 2.71. The van der Waals surface area contributed by atoms with Crippen molar-refractivity contribution in [2.45, 2.75) is 26.4 Å². The lowest BCUT2D eigenvalue weighted by Gasteiger charge is -2.09. The Hall–Kier alpha value is -4.05. The van der Waals surface area contributed by atoms with Gasteiger partial charge in [0.05, 0.1) is 17.3 Å². The van der Waals surface area contributed by atoms with Gasteiger partial charge in [0.25, 0.3) is 11.8 Å². The maximum atomic E-state index is 12.4. The number of hydrogen-bond acceptors (Lipinski definition) is 5. The summed E-state index contributed by atoms with van der Waals surface area (Å²) in [6.45, 7) is 3.99. The summed E-state index contributed by atoms with van der Waals surface area (Å²) < 4.78 is 0. The molecule has 0 saturated carbocycles. The van der Waals surface area contributed by atoms with Crippen LogP contribution in [0.25, 0.3) is 11.3 Å². The third-order valence-corrected chi connectivity index (χ3v) is 4.22. The maximum Gasteiger partial charge on any atom is 0.270 e. The number of pyridine rings is 2. The van der Waals surface area contributed by atoms with E-state index in [9.17, 15) is 9.59 Å². The molecule has 0 atom stereocenters. The number of nitriles is 1. The molecule has 2 heterocycles. The van der Waals surface area contributed by atoms with Crippen LogP contribution in [0.3, 0.4) is 0 Å². The molecule has 30 heavy (non-hydrogen) atoms. The van der Waals surface area contributed by atoms with Crippen molar-refractivity contribution in [2.75, 3.05) is 0 Å². The third-order valence-electron chi connectivity index (χ3n) is 4.22. The monoisotopic (exact) mass is 399 g/mol. The van der Waals surface area contributed by atoms with Crippen molar-refractivity contribution < 1.29 is 9.59 Å². The van der Waals surface area contributed by atoms with Crippen molar-refractivity contribution in [3.63, 3.8) is 0 Å². The van der Waals surface area contributed by atoms with Crippen LogP contribution in [-0.2, 0) is 6.54 Å². The SMILES string of the molecule is CC(C)NC(=O)c1cccc(C(=O)NCc2ccc(-c3ccc(C#N)cc3)nc2)n1. The molecule has 0 bridgehead atoms. The second kappa shape index (κ2) is 9.43. The van der Waals surface area contributed by atoms with E-state index in [0.29, 0.717) is 5.56 Å². The van der Waals surface area contributed by atoms with Gasteiger partial charge in [-0.3, -0.25) is 14.6 Å². The van der Waals surface area contributed by atoms with Gasteiger partial charge in [0, 0.05) is 24.3 Å². The van der Waals surface area contributed by atoms with Gasteiger partial charge in [0.2, 0.25) is 0 Å². The Morgan fingerprint density at radius 1 is 1.00 bits per heavy atom. The molecule has 0 aliphatic rings. The Morgan fingerprint density at radius 3 is 2.30 bits per heavy atom. The van der Waals surface area contributed by atoms with Gasteiger partial charge in [0.1, 0.15) is 11.4 Å². The summed E-state index contributed by atoms with van der Waals surface area (Å²) in [5.74, 6) is -0.687. The number of amides is 2. The first-order valence-electron chi connectivity index (χ1n) is 9.48. The summed E-state index contributed by atoms with van der Waals surface area (Å²) >= 11 is 0. The number of nitrogens with one attached hydrogen (secondary N) is 2. The average molecular weight is 399 g/mol. The molecule has 1 aromatic carbocycles. The number of hydrogen-bond donors (Lipinski definition) is 2. The molecule has 0 unspecified atom stereocenters. The van der Waals surface area contributed by atoms with E-state index < -0.39 is 0 Å². The van der Waals surface area contributed by atoms with E-state index in [1.165, 1.54) is 0 Å². The van der Waals surface area contributed by atoms with Crippen molar-refractivity contribution in [3.05, 3.63) is 83.3 Å². The first-order chi connectivity index (χ1) is 14.5. The van der Waals surface area contributed by atoms with Gasteiger partial charge >= 0.3 is 0 Å². The minimum atomic E-state index is -0.370. The molecule has 0 fully saturated rings. The van der Waals surface area contributed by atoms with Crippen LogP contribution in [-0.4, -0.2) is 27.8 Å². The highest BCUT2D eigenvalue weighted by atomic mass is 16.2. The molecule has 2 aromatic heterocycles. The first-order valence-corrected chi connectivity index (χ1v) is 9.48. The summed E-state index contributed by atoms with van der Waals surface area (Å²) in [6.07, 6.45) is 1.69. The highest BCUT2D eigenvalue weighted by molar-refractivity contribution is 5.96. The lowest BCUT2D eigenvalue weighted by Crippen LogP contribution is -2.31. The van der Waals surface area contributed by atoms with Gasteiger partial charge in [-0.05, 0) is 49.7 Å². The van der Waals surface area contributed by atoms with E-state index in [1.54, 1.807) is 36.5 Å². The van der Waals surface area contributed by atoms with Gasteiger partial charge in [-0.2, -0.15) is 5.26 Å². The summed E-state index contributed by atoms with van der Waals surface area (Å²) in [5, 5.41) is 14.4. The minimum Gasteiger partial charge on any atom is -0.349 e. The highest BCUT2D eigenvalue weighted by Crippen LogP contribution is 2.17. The highest BCUT2D eigenvalue weighted by Gasteiger charge is 2.13. The molecule has 2 N–H and O–H groups in total. The summed E-state index contributed by atoms with van der Waals surface area (Å²) in [5.41, 5.74) is 3.48. The number of carbonyl (C=O) groups is 2. The zero-order chi connectivity index (χ0) is 21.5. The van der Waals surface area contributed by atoms with E-state index >= 15 is 0 Å². The van der Waals surface area contributed by atoms with Crippen molar-refractivity contribution >= 4 is 11.8 Å². The van der Waals surface area contributed by atoms with Gasteiger partial charge in [0.15, 0.2) is 0 Å². The molecule has 0 saturated heterocycles. The van der Waals surface area contributed by atoms with Crippen LogP contribution in [0.2, 0.25) is 0 Å². The van der Waals surface area contributed by atoms with Crippen molar-refractivity contribution in [1.82, 2.24) is 20.6 Å². The molecule has 150 valence electrons. The molecule has 7 heteroatoms. The Bertz CT molecular complexity index is 1080. The Balaban J connectivity index is 1.62. The standard InChI is InChI=1S/C23H21N5O2/c1-15(2)27-23(30)21-5-3-4-20(28-21)22(29)26-14-17-8-11-19(25-13-17)18-9-6-16(12-24)7-10-18/h3-11,13,15H,14H2,1-2H3,(H,26,29)(H,27,30). The first kappa shape index (κ1) is 20.7. The van der Waals surface area contributed by atoms with Gasteiger partial charge < -0.3 is 10.6 Å². The number of rotatable bonds is 6. The molecule has 0 radical (unpaired) electrons. The van der Waals surface area contributed by atoms with Crippen molar-refractivity contribution in [1.29, 1.82) is 5.26 Å². The van der Waals surface area contributed by atoms with Crippen LogP contribution in [0.15, 0.2) is 60.8 Å². The Kier molecular flexibility index (Phi) is 6.50. The largest absolute Gasteiger partial charge is 0.349 e. The van der Waals surface area contributed by atoms with E-state index in [0.717, 1.165) is 16.8 Å². The molecule has 3 aromatic rings. The predicted octanol–water partition coefficient (Wildman–Crippen LogP) is 3.08. The summed E-state index contributed by atoms with van der Waals surface area (Å²) in [7, 11) is 0. The fourth-order valence-corrected chi connectivity index (χ4v) is 2.71. The normalized spacial score (nSPS) is 10.3. The predicted molar refractivity (Wildman–Crippen MR) is 112 cm³/mol. The fraction of sp³-hybridized carbons (Fsp3) is 0.174. The average Bonchev–Trinajstić information content (AvgIpc) is 2.77. The quantitative estimate of drug-likeness (QED) is 0.662. The second-order valence-corrected chi connectivity index (χ2v) is 6.96. The van der Waals surface area contributed by atoms with Gasteiger partial charge in [-0.15, -0.1) is 0 Å². The Labute approximate surface area is 174 Å². The number of carbonyl (C=O) groups excluding carboxylic acids is 2. The number of benzene rings is 1. The van der Waals surface area contributed by atoms with Gasteiger partial charge in [-0.1, -0.05) is 24.3 Å². The van der Waals surface area contributed by atoms with E-state index in [2.05, 4.69) is 26.7 Å². The lowest BCUT2D eigenvalue weighted by atomic mass is 10.1. The molecule has 7 nitrogen and oxygen atoms in total. The smallest absolute Gasteiger partial charge is 0.270 e. The van der Waals surface area contributed by atoms with E-state index in [4.69, 9.17) is 5.26 Å². The zero-order valence-electron chi connectivity index (χ0n) is 16.7. The van der Waals surface area contributed by atoms with Crippen LogP contribution in [0.5, 0.6) is 0 Å². The maximum absolute atomic E-state index is 12.4. The molecule has 0 spiro atoms. The van der Waals surface area contributed by atoms with Crippen LogP contribution in [0.1, 0.15) is 46.0 Å². The summed E-state index contributed by atoms with van der Waals surface area (Å²) in [4.78, 5) is 33.0. The van der Waals surface area contributed by atoms with Crippen molar-refractivity contribution in [3.8, 4) is 17.3 Å². The number of aromatic nitrogens is 2. The molecule has 0 aliphatic carbocycles. The molecule has 0 aliphatic heterocycles.